The van der Waals surface area contributed by atoms with Gasteiger partial charge in [-0.1, -0.05) is 24.3 Å². The number of hydrogen-bond donors (Lipinski definition) is 4. The van der Waals surface area contributed by atoms with Crippen LogP contribution in [0, 0.1) is 12.7 Å². The Balaban J connectivity index is 1.39. The number of nitrogens with one attached hydrogen (secondary N) is 3. The van der Waals surface area contributed by atoms with Gasteiger partial charge in [0.1, 0.15) is 5.82 Å². The number of ether oxygens (including phenoxy) is 1. The highest BCUT2D eigenvalue weighted by Crippen LogP contribution is 2.40. The molecule has 0 radical (unpaired) electrons. The number of benzene rings is 2. The first-order valence-corrected chi connectivity index (χ1v) is 12.3. The van der Waals surface area contributed by atoms with Crippen molar-refractivity contribution in [3.05, 3.63) is 76.9 Å². The summed E-state index contributed by atoms with van der Waals surface area (Å²) in [7, 11) is 0. The molecule has 5 rings (SSSR count). The van der Waals surface area contributed by atoms with Crippen LogP contribution in [0.25, 0.3) is 22.8 Å². The van der Waals surface area contributed by atoms with Gasteiger partial charge in [-0.15, -0.1) is 0 Å². The number of aryl methyl sites for hydroxylation is 1. The molecule has 0 aliphatic carbocycles. The molecule has 8 nitrogen and oxygen atoms in total. The Morgan fingerprint density at radius 3 is 2.78 bits per heavy atom. The molecule has 1 saturated heterocycles. The highest BCUT2D eigenvalue weighted by Gasteiger charge is 2.28. The van der Waals surface area contributed by atoms with Gasteiger partial charge in [0, 0.05) is 43.1 Å². The molecule has 2 aliphatic heterocycles. The number of morpholine rings is 1. The molecule has 3 aromatic rings. The highest BCUT2D eigenvalue weighted by molar-refractivity contribution is 6.36. The lowest BCUT2D eigenvalue weighted by Crippen LogP contribution is -2.44. The van der Waals surface area contributed by atoms with Crippen molar-refractivity contribution in [3.8, 4) is 11.1 Å². The first-order valence-electron chi connectivity index (χ1n) is 12.3. The summed E-state index contributed by atoms with van der Waals surface area (Å²) in [4.78, 5) is 31.3. The van der Waals surface area contributed by atoms with Crippen LogP contribution < -0.4 is 10.6 Å². The Morgan fingerprint density at radius 2 is 2.00 bits per heavy atom. The summed E-state index contributed by atoms with van der Waals surface area (Å²) in [6.45, 7) is 5.15. The van der Waals surface area contributed by atoms with E-state index in [0.717, 1.165) is 18.8 Å². The molecule has 192 valence electrons. The van der Waals surface area contributed by atoms with Crippen LogP contribution >= 0.6 is 0 Å². The number of hydrogen-bond acceptors (Lipinski definition) is 5. The van der Waals surface area contributed by atoms with Crippen molar-refractivity contribution in [1.82, 2.24) is 15.2 Å². The molecule has 2 amide bonds. The predicted molar refractivity (Wildman–Crippen MR) is 139 cm³/mol. The number of aromatic amines is 1. The van der Waals surface area contributed by atoms with Crippen LogP contribution in [0.15, 0.2) is 48.5 Å². The fourth-order valence-electron chi connectivity index (χ4n) is 4.79. The largest absolute Gasteiger partial charge is 0.390 e. The summed E-state index contributed by atoms with van der Waals surface area (Å²) in [5, 5.41) is 16.1. The number of β-amino-alcohol motifs (C(OH)–C–C–N with tert-alkyl or cyclic N) is 1. The lowest BCUT2D eigenvalue weighted by Gasteiger charge is -2.28. The van der Waals surface area contributed by atoms with E-state index >= 15 is 0 Å². The van der Waals surface area contributed by atoms with Gasteiger partial charge in [-0.3, -0.25) is 14.5 Å². The third-order valence-electron chi connectivity index (χ3n) is 6.55. The SMILES string of the molecule is Cc1cc(C(=O)NCC(O)CN2CCOCC2)c(C=C2C(=O)Nc3cccc(-c4cccc(F)c4)c32)[nH]1. The van der Waals surface area contributed by atoms with Crippen molar-refractivity contribution in [1.29, 1.82) is 0 Å². The second-order valence-electron chi connectivity index (χ2n) is 9.31. The van der Waals surface area contributed by atoms with Gasteiger partial charge < -0.3 is 25.5 Å². The van der Waals surface area contributed by atoms with E-state index in [1.807, 2.05) is 19.1 Å². The number of H-pyrrole nitrogens is 1. The van der Waals surface area contributed by atoms with Crippen molar-refractivity contribution in [2.45, 2.75) is 13.0 Å². The van der Waals surface area contributed by atoms with Gasteiger partial charge in [-0.05, 0) is 48.4 Å². The Morgan fingerprint density at radius 1 is 1.22 bits per heavy atom. The van der Waals surface area contributed by atoms with Gasteiger partial charge in [-0.25, -0.2) is 4.39 Å². The summed E-state index contributed by atoms with van der Waals surface area (Å²) in [5.41, 5.74) is 4.60. The van der Waals surface area contributed by atoms with Gasteiger partial charge in [0.05, 0.1) is 36.1 Å². The Labute approximate surface area is 214 Å². The number of carbonyl (C=O) groups is 2. The summed E-state index contributed by atoms with van der Waals surface area (Å²) in [6.07, 6.45) is 0.931. The zero-order valence-electron chi connectivity index (χ0n) is 20.5. The molecule has 1 unspecified atom stereocenters. The first-order chi connectivity index (χ1) is 17.9. The monoisotopic (exact) mass is 504 g/mol. The molecule has 2 aromatic carbocycles. The van der Waals surface area contributed by atoms with Crippen molar-refractivity contribution in [2.24, 2.45) is 0 Å². The second kappa shape index (κ2) is 10.7. The fourth-order valence-corrected chi connectivity index (χ4v) is 4.79. The predicted octanol–water partition coefficient (Wildman–Crippen LogP) is 3.04. The number of anilines is 1. The van der Waals surface area contributed by atoms with E-state index in [1.54, 1.807) is 30.3 Å². The zero-order valence-corrected chi connectivity index (χ0v) is 20.5. The quantitative estimate of drug-likeness (QED) is 0.370. The molecular weight excluding hydrogens is 475 g/mol. The van der Waals surface area contributed by atoms with E-state index in [2.05, 4.69) is 20.5 Å². The van der Waals surface area contributed by atoms with Gasteiger partial charge in [0.15, 0.2) is 0 Å². The molecule has 2 aliphatic rings. The number of halogens is 1. The summed E-state index contributed by atoms with van der Waals surface area (Å²) in [5.74, 6) is -1.03. The van der Waals surface area contributed by atoms with Gasteiger partial charge >= 0.3 is 0 Å². The lowest BCUT2D eigenvalue weighted by atomic mass is 9.94. The standard InChI is InChI=1S/C28H29FN4O4/c1-17-12-22(27(35)30-15-20(34)16-33-8-10-37-11-9-33)25(31-17)14-23-26-21(18-4-2-5-19(29)13-18)6-3-7-24(26)32-28(23)36/h2-7,12-14,20,31,34H,8-11,15-16H2,1H3,(H,30,35)(H,32,36). The molecule has 4 N–H and O–H groups in total. The van der Waals surface area contributed by atoms with Crippen LogP contribution in [0.3, 0.4) is 0 Å². The minimum atomic E-state index is -0.717. The molecule has 1 aromatic heterocycles. The van der Waals surface area contributed by atoms with E-state index in [-0.39, 0.29) is 24.2 Å². The summed E-state index contributed by atoms with van der Waals surface area (Å²) < 4.78 is 19.3. The number of amides is 2. The van der Waals surface area contributed by atoms with Crippen LogP contribution in [-0.4, -0.2) is 72.3 Å². The second-order valence-corrected chi connectivity index (χ2v) is 9.31. The summed E-state index contributed by atoms with van der Waals surface area (Å²) in [6, 6.07) is 13.4. The van der Waals surface area contributed by atoms with Crippen LogP contribution in [0.4, 0.5) is 10.1 Å². The first kappa shape index (κ1) is 24.9. The Hall–Kier alpha value is -3.79. The van der Waals surface area contributed by atoms with Crippen molar-refractivity contribution in [2.75, 3.05) is 44.7 Å². The van der Waals surface area contributed by atoms with E-state index in [9.17, 15) is 19.1 Å². The maximum Gasteiger partial charge on any atom is 0.256 e. The van der Waals surface area contributed by atoms with Gasteiger partial charge in [-0.2, -0.15) is 0 Å². The van der Waals surface area contributed by atoms with Crippen LogP contribution in [-0.2, 0) is 9.53 Å². The Kier molecular flexibility index (Phi) is 7.18. The minimum absolute atomic E-state index is 0.101. The maximum absolute atomic E-state index is 14.0. The van der Waals surface area contributed by atoms with Gasteiger partial charge in [0.25, 0.3) is 11.8 Å². The number of nitrogens with zero attached hydrogens (tertiary/aromatic N) is 1. The molecule has 0 saturated carbocycles. The molecule has 1 atom stereocenters. The average Bonchev–Trinajstić information content (AvgIpc) is 3.42. The highest BCUT2D eigenvalue weighted by atomic mass is 19.1. The van der Waals surface area contributed by atoms with E-state index in [1.165, 1.54) is 12.1 Å². The van der Waals surface area contributed by atoms with Crippen molar-refractivity contribution >= 4 is 29.2 Å². The summed E-state index contributed by atoms with van der Waals surface area (Å²) >= 11 is 0. The molecule has 9 heteroatoms. The number of aliphatic hydroxyl groups is 1. The topological polar surface area (TPSA) is 107 Å². The number of aromatic nitrogens is 1. The van der Waals surface area contributed by atoms with Crippen molar-refractivity contribution < 1.29 is 23.8 Å². The molecule has 1 fully saturated rings. The third kappa shape index (κ3) is 5.48. The number of carbonyl (C=O) groups excluding carboxylic acids is 2. The van der Waals surface area contributed by atoms with Gasteiger partial charge in [0.2, 0.25) is 0 Å². The third-order valence-corrected chi connectivity index (χ3v) is 6.55. The van der Waals surface area contributed by atoms with Crippen LogP contribution in [0.1, 0.15) is 27.3 Å². The lowest BCUT2D eigenvalue weighted by molar-refractivity contribution is -0.110. The normalized spacial score (nSPS) is 17.5. The van der Waals surface area contributed by atoms with Crippen LogP contribution in [0.2, 0.25) is 0 Å². The number of fused-ring (bicyclic) bond motifs is 1. The molecule has 0 spiro atoms. The zero-order chi connectivity index (χ0) is 25.9. The fraction of sp³-hybridized carbons (Fsp3) is 0.286. The van der Waals surface area contributed by atoms with E-state index < -0.39 is 6.10 Å². The molecular formula is C28H29FN4O4. The number of aliphatic hydroxyl groups excluding tert-OH is 1. The van der Waals surface area contributed by atoms with Crippen LogP contribution in [0.5, 0.6) is 0 Å². The number of rotatable bonds is 7. The van der Waals surface area contributed by atoms with E-state index in [4.69, 9.17) is 4.74 Å². The Bertz CT molecular complexity index is 1360. The van der Waals surface area contributed by atoms with Crippen molar-refractivity contribution in [3.63, 3.8) is 0 Å². The smallest absolute Gasteiger partial charge is 0.256 e. The molecule has 37 heavy (non-hydrogen) atoms. The average molecular weight is 505 g/mol. The maximum atomic E-state index is 14.0. The molecule has 3 heterocycles. The minimum Gasteiger partial charge on any atom is -0.390 e. The molecule has 0 bridgehead atoms. The van der Waals surface area contributed by atoms with E-state index in [0.29, 0.717) is 59.0 Å².